The summed E-state index contributed by atoms with van der Waals surface area (Å²) in [5.74, 6) is -0.895. The number of carboxylic acid groups (broad SMARTS) is 1. The Kier molecular flexibility index (Phi) is 2.12. The normalized spacial score (nSPS) is 11.1. The predicted molar refractivity (Wildman–Crippen MR) is 68.8 cm³/mol. The fourth-order valence-corrected chi connectivity index (χ4v) is 2.77. The molecule has 0 atom stereocenters. The summed E-state index contributed by atoms with van der Waals surface area (Å²) in [5.41, 5.74) is 2.05. The molecule has 1 aromatic carbocycles. The van der Waals surface area contributed by atoms with Crippen molar-refractivity contribution in [2.75, 3.05) is 0 Å². The smallest absolute Gasteiger partial charge is 0.345 e. The van der Waals surface area contributed by atoms with E-state index in [9.17, 15) is 4.79 Å². The molecular weight excluding hydrogens is 234 g/mol. The highest BCUT2D eigenvalue weighted by atomic mass is 32.1. The van der Waals surface area contributed by atoms with Crippen LogP contribution in [0.5, 0.6) is 0 Å². The number of rotatable bonds is 1. The quantitative estimate of drug-likeness (QED) is 0.712. The molecule has 4 heteroatoms. The Morgan fingerprint density at radius 2 is 2.12 bits per heavy atom. The first kappa shape index (κ1) is 10.2. The summed E-state index contributed by atoms with van der Waals surface area (Å²) in [4.78, 5) is 16.6. The summed E-state index contributed by atoms with van der Waals surface area (Å²) in [6.45, 7) is 2.01. The van der Waals surface area contributed by atoms with Crippen molar-refractivity contribution in [2.24, 2.45) is 0 Å². The molecule has 3 nitrogen and oxygen atoms in total. The number of fused-ring (bicyclic) bond motifs is 2. The number of thiophene rings is 1. The van der Waals surface area contributed by atoms with Crippen LogP contribution in [0.15, 0.2) is 30.3 Å². The van der Waals surface area contributed by atoms with Gasteiger partial charge in [0, 0.05) is 10.8 Å². The molecule has 0 unspecified atom stereocenters. The molecule has 2 aromatic heterocycles. The molecule has 84 valence electrons. The number of benzene rings is 1. The molecule has 17 heavy (non-hydrogen) atoms. The third-order valence-electron chi connectivity index (χ3n) is 2.74. The molecule has 0 fully saturated rings. The van der Waals surface area contributed by atoms with Crippen LogP contribution in [-0.4, -0.2) is 16.1 Å². The Morgan fingerprint density at radius 3 is 2.88 bits per heavy atom. The number of pyridine rings is 1. The zero-order valence-electron chi connectivity index (χ0n) is 9.10. The van der Waals surface area contributed by atoms with E-state index in [1.165, 1.54) is 11.3 Å². The molecule has 3 rings (SSSR count). The van der Waals surface area contributed by atoms with E-state index in [1.807, 2.05) is 31.2 Å². The first-order valence-corrected chi connectivity index (χ1v) is 6.00. The Bertz CT molecular complexity index is 746. The van der Waals surface area contributed by atoms with Gasteiger partial charge in [0.2, 0.25) is 0 Å². The average Bonchev–Trinajstić information content (AvgIpc) is 2.70. The fourth-order valence-electron chi connectivity index (χ4n) is 1.91. The lowest BCUT2D eigenvalue weighted by Crippen LogP contribution is -1.89. The number of aromatic nitrogens is 1. The molecule has 3 aromatic rings. The Morgan fingerprint density at radius 1 is 1.29 bits per heavy atom. The van der Waals surface area contributed by atoms with Gasteiger partial charge in [-0.1, -0.05) is 18.2 Å². The van der Waals surface area contributed by atoms with Gasteiger partial charge in [-0.15, -0.1) is 11.3 Å². The highest BCUT2D eigenvalue weighted by Gasteiger charge is 2.10. The van der Waals surface area contributed by atoms with Gasteiger partial charge in [0.25, 0.3) is 0 Å². The lowest BCUT2D eigenvalue weighted by atomic mass is 10.1. The van der Waals surface area contributed by atoms with Gasteiger partial charge in [0.05, 0.1) is 5.52 Å². The van der Waals surface area contributed by atoms with Gasteiger partial charge in [-0.2, -0.15) is 0 Å². The van der Waals surface area contributed by atoms with E-state index in [4.69, 9.17) is 5.11 Å². The average molecular weight is 243 g/mol. The van der Waals surface area contributed by atoms with Crippen LogP contribution in [-0.2, 0) is 0 Å². The van der Waals surface area contributed by atoms with Crippen molar-refractivity contribution < 1.29 is 9.90 Å². The monoisotopic (exact) mass is 243 g/mol. The van der Waals surface area contributed by atoms with Crippen LogP contribution in [0, 0.1) is 6.92 Å². The maximum Gasteiger partial charge on any atom is 0.345 e. The minimum absolute atomic E-state index is 0.334. The van der Waals surface area contributed by atoms with Gasteiger partial charge in [-0.25, -0.2) is 9.78 Å². The second-order valence-electron chi connectivity index (χ2n) is 3.95. The van der Waals surface area contributed by atoms with Gasteiger partial charge in [-0.05, 0) is 24.6 Å². The maximum atomic E-state index is 10.9. The highest BCUT2D eigenvalue weighted by molar-refractivity contribution is 7.20. The number of hydrogen-bond acceptors (Lipinski definition) is 3. The number of aryl methyl sites for hydroxylation is 1. The van der Waals surface area contributed by atoms with Crippen LogP contribution >= 0.6 is 11.3 Å². The van der Waals surface area contributed by atoms with E-state index < -0.39 is 5.97 Å². The standard InChI is InChI=1S/C13H9NO2S/c1-7-3-2-4-8-5-9-6-10(13(15)16)17-12(9)14-11(7)8/h2-6H,1H3,(H,15,16). The van der Waals surface area contributed by atoms with Crippen LogP contribution in [0.4, 0.5) is 0 Å². The highest BCUT2D eigenvalue weighted by Crippen LogP contribution is 2.28. The Balaban J connectivity index is 2.40. The molecule has 0 spiro atoms. The van der Waals surface area contributed by atoms with Crippen molar-refractivity contribution in [3.63, 3.8) is 0 Å². The Hall–Kier alpha value is -1.94. The molecule has 0 radical (unpaired) electrons. The molecule has 2 heterocycles. The zero-order chi connectivity index (χ0) is 12.0. The first-order valence-electron chi connectivity index (χ1n) is 5.18. The third kappa shape index (κ3) is 1.57. The van der Waals surface area contributed by atoms with Gasteiger partial charge < -0.3 is 5.11 Å². The molecule has 0 aliphatic carbocycles. The zero-order valence-corrected chi connectivity index (χ0v) is 9.91. The van der Waals surface area contributed by atoms with E-state index in [2.05, 4.69) is 4.98 Å². The molecule has 1 N–H and O–H groups in total. The number of carbonyl (C=O) groups is 1. The molecular formula is C13H9NO2S. The largest absolute Gasteiger partial charge is 0.477 e. The number of para-hydroxylation sites is 1. The number of hydrogen-bond donors (Lipinski definition) is 1. The molecule has 0 saturated heterocycles. The van der Waals surface area contributed by atoms with Crippen molar-refractivity contribution in [1.82, 2.24) is 4.98 Å². The summed E-state index contributed by atoms with van der Waals surface area (Å²) in [5, 5.41) is 10.9. The fraction of sp³-hybridized carbons (Fsp3) is 0.0769. The van der Waals surface area contributed by atoms with Crippen LogP contribution < -0.4 is 0 Å². The lowest BCUT2D eigenvalue weighted by Gasteiger charge is -2.00. The summed E-state index contributed by atoms with van der Waals surface area (Å²) in [6, 6.07) is 9.65. The van der Waals surface area contributed by atoms with Crippen LogP contribution in [0.3, 0.4) is 0 Å². The molecule has 0 aliphatic heterocycles. The second-order valence-corrected chi connectivity index (χ2v) is 4.98. The molecule has 0 bridgehead atoms. The van der Waals surface area contributed by atoms with E-state index in [1.54, 1.807) is 6.07 Å². The van der Waals surface area contributed by atoms with E-state index in [0.717, 1.165) is 26.7 Å². The number of carboxylic acids is 1. The first-order chi connectivity index (χ1) is 8.15. The van der Waals surface area contributed by atoms with Gasteiger partial charge in [0.15, 0.2) is 0 Å². The third-order valence-corrected chi connectivity index (χ3v) is 3.78. The van der Waals surface area contributed by atoms with Crippen LogP contribution in [0.2, 0.25) is 0 Å². The Labute approximate surface area is 101 Å². The second kappa shape index (κ2) is 3.53. The predicted octanol–water partition coefficient (Wildman–Crippen LogP) is 3.46. The maximum absolute atomic E-state index is 10.9. The van der Waals surface area contributed by atoms with Gasteiger partial charge in [-0.3, -0.25) is 0 Å². The van der Waals surface area contributed by atoms with E-state index >= 15 is 0 Å². The van der Waals surface area contributed by atoms with Gasteiger partial charge >= 0.3 is 5.97 Å². The lowest BCUT2D eigenvalue weighted by molar-refractivity contribution is 0.0702. The summed E-state index contributed by atoms with van der Waals surface area (Å²) in [6.07, 6.45) is 0. The van der Waals surface area contributed by atoms with Crippen LogP contribution in [0.25, 0.3) is 21.1 Å². The summed E-state index contributed by atoms with van der Waals surface area (Å²) < 4.78 is 0. The topological polar surface area (TPSA) is 50.2 Å². The van der Waals surface area contributed by atoms with Crippen molar-refractivity contribution in [3.8, 4) is 0 Å². The molecule has 0 amide bonds. The van der Waals surface area contributed by atoms with Crippen LogP contribution in [0.1, 0.15) is 15.2 Å². The summed E-state index contributed by atoms with van der Waals surface area (Å²) in [7, 11) is 0. The molecule has 0 aliphatic rings. The van der Waals surface area contributed by atoms with Crippen molar-refractivity contribution in [2.45, 2.75) is 6.92 Å². The minimum atomic E-state index is -0.895. The number of aromatic carboxylic acids is 1. The van der Waals surface area contributed by atoms with Crippen molar-refractivity contribution >= 4 is 38.4 Å². The minimum Gasteiger partial charge on any atom is -0.477 e. The molecule has 0 saturated carbocycles. The van der Waals surface area contributed by atoms with Crippen molar-refractivity contribution in [1.29, 1.82) is 0 Å². The van der Waals surface area contributed by atoms with Crippen molar-refractivity contribution in [3.05, 3.63) is 40.8 Å². The number of nitrogens with zero attached hydrogens (tertiary/aromatic N) is 1. The SMILES string of the molecule is Cc1cccc2cc3cc(C(=O)O)sc3nc12. The van der Waals surface area contributed by atoms with E-state index in [0.29, 0.717) is 4.88 Å². The van der Waals surface area contributed by atoms with E-state index in [-0.39, 0.29) is 0 Å². The summed E-state index contributed by atoms with van der Waals surface area (Å²) >= 11 is 1.22. The van der Waals surface area contributed by atoms with Gasteiger partial charge in [0.1, 0.15) is 9.71 Å².